The number of carbonyl (C=O) groups excluding carboxylic acids is 1. The highest BCUT2D eigenvalue weighted by molar-refractivity contribution is 5.95. The third-order valence-corrected chi connectivity index (χ3v) is 4.92. The molecule has 148 valence electrons. The van der Waals surface area contributed by atoms with Gasteiger partial charge in [-0.3, -0.25) is 4.79 Å². The van der Waals surface area contributed by atoms with Gasteiger partial charge in [0.25, 0.3) is 0 Å². The van der Waals surface area contributed by atoms with E-state index in [0.717, 1.165) is 43.6 Å². The molecule has 6 heteroatoms. The van der Waals surface area contributed by atoms with E-state index in [0.29, 0.717) is 0 Å². The predicted octanol–water partition coefficient (Wildman–Crippen LogP) is 4.62. The summed E-state index contributed by atoms with van der Waals surface area (Å²) in [6.45, 7) is 0.794. The Morgan fingerprint density at radius 2 is 1.74 bits per heavy atom. The van der Waals surface area contributed by atoms with Crippen molar-refractivity contribution in [3.8, 4) is 0 Å². The maximum Gasteiger partial charge on any atom is 0.227 e. The number of nitrogens with one attached hydrogen (secondary N) is 1. The highest BCUT2D eigenvalue weighted by Gasteiger charge is 2.25. The van der Waals surface area contributed by atoms with Crippen LogP contribution in [0.5, 0.6) is 0 Å². The first-order chi connectivity index (χ1) is 12.1. The van der Waals surface area contributed by atoms with Crippen LogP contribution < -0.4 is 16.0 Å². The molecule has 2 atom stereocenters. The summed E-state index contributed by atoms with van der Waals surface area (Å²) >= 11 is 0. The summed E-state index contributed by atoms with van der Waals surface area (Å²) in [6, 6.07) is 18.5. The molecular weight excluding hydrogens is 381 g/mol. The van der Waals surface area contributed by atoms with Crippen LogP contribution in [0.1, 0.15) is 31.2 Å². The number of hydrogen-bond acceptors (Lipinski definition) is 3. The first-order valence-electron chi connectivity index (χ1n) is 9.04. The summed E-state index contributed by atoms with van der Waals surface area (Å²) in [5.74, 6) is 0.118. The Morgan fingerprint density at radius 3 is 2.44 bits per heavy atom. The Balaban J connectivity index is 0.00000182. The molecule has 2 aromatic rings. The maximum atomic E-state index is 12.7. The van der Waals surface area contributed by atoms with Crippen LogP contribution in [-0.4, -0.2) is 19.0 Å². The number of nitrogens with zero attached hydrogens (tertiary/aromatic N) is 1. The van der Waals surface area contributed by atoms with E-state index >= 15 is 0 Å². The Labute approximate surface area is 174 Å². The zero-order valence-corrected chi connectivity index (χ0v) is 17.3. The number of nitrogens with two attached hydrogens (primary N) is 1. The lowest BCUT2D eigenvalue weighted by Crippen LogP contribution is -2.34. The molecule has 0 aliphatic heterocycles. The van der Waals surface area contributed by atoms with Gasteiger partial charge < -0.3 is 16.0 Å². The molecule has 1 saturated carbocycles. The average molecular weight is 410 g/mol. The second-order valence-corrected chi connectivity index (χ2v) is 6.97. The van der Waals surface area contributed by atoms with E-state index in [9.17, 15) is 4.79 Å². The molecule has 1 aliphatic carbocycles. The fraction of sp³-hybridized carbons (Fsp3) is 0.381. The molecule has 0 saturated heterocycles. The van der Waals surface area contributed by atoms with Crippen LogP contribution in [0.15, 0.2) is 54.6 Å². The lowest BCUT2D eigenvalue weighted by molar-refractivity contribution is -0.120. The third-order valence-electron chi connectivity index (χ3n) is 4.92. The van der Waals surface area contributed by atoms with Gasteiger partial charge in [0.2, 0.25) is 5.91 Å². The standard InChI is InChI=1S/C21H27N3O.2ClH/c1-24(15-16-8-3-2-4-9-16)20-13-6-5-12-19(20)23-21(25)17-10-7-11-18(22)14-17;;/h2-6,8-9,12-13,17-18H,7,10-11,14-15,22H2,1H3,(H,23,25);2*1H. The molecule has 1 fully saturated rings. The lowest BCUT2D eigenvalue weighted by atomic mass is 9.85. The zero-order chi connectivity index (χ0) is 17.6. The largest absolute Gasteiger partial charge is 0.369 e. The number of hydrogen-bond donors (Lipinski definition) is 2. The number of para-hydroxylation sites is 2. The van der Waals surface area contributed by atoms with Gasteiger partial charge >= 0.3 is 0 Å². The quantitative estimate of drug-likeness (QED) is 0.756. The van der Waals surface area contributed by atoms with Crippen molar-refractivity contribution in [1.29, 1.82) is 0 Å². The van der Waals surface area contributed by atoms with Crippen molar-refractivity contribution in [2.45, 2.75) is 38.3 Å². The third kappa shape index (κ3) is 6.42. The van der Waals surface area contributed by atoms with Crippen LogP contribution in [0.4, 0.5) is 11.4 Å². The predicted molar refractivity (Wildman–Crippen MR) is 118 cm³/mol. The Kier molecular flexibility index (Phi) is 9.64. The van der Waals surface area contributed by atoms with Crippen molar-refractivity contribution in [3.05, 3.63) is 60.2 Å². The van der Waals surface area contributed by atoms with Gasteiger partial charge in [0, 0.05) is 25.6 Å². The van der Waals surface area contributed by atoms with Crippen LogP contribution in [0.25, 0.3) is 0 Å². The minimum atomic E-state index is 0. The topological polar surface area (TPSA) is 58.4 Å². The van der Waals surface area contributed by atoms with Gasteiger partial charge in [-0.05, 0) is 37.0 Å². The van der Waals surface area contributed by atoms with E-state index < -0.39 is 0 Å². The first kappa shape index (κ1) is 23.3. The molecule has 2 unspecified atom stereocenters. The van der Waals surface area contributed by atoms with Gasteiger partial charge in [0.05, 0.1) is 11.4 Å². The molecule has 27 heavy (non-hydrogen) atoms. The Hall–Kier alpha value is -1.75. The molecule has 2 aromatic carbocycles. The van der Waals surface area contributed by atoms with Crippen molar-refractivity contribution in [2.24, 2.45) is 11.7 Å². The van der Waals surface area contributed by atoms with Gasteiger partial charge in [0.15, 0.2) is 0 Å². The second-order valence-electron chi connectivity index (χ2n) is 6.97. The molecule has 1 aliphatic rings. The normalized spacial score (nSPS) is 18.6. The zero-order valence-electron chi connectivity index (χ0n) is 15.6. The molecule has 0 heterocycles. The number of anilines is 2. The first-order valence-corrected chi connectivity index (χ1v) is 9.04. The number of benzene rings is 2. The van der Waals surface area contributed by atoms with Crippen LogP contribution in [0, 0.1) is 5.92 Å². The monoisotopic (exact) mass is 409 g/mol. The van der Waals surface area contributed by atoms with Gasteiger partial charge in [-0.25, -0.2) is 0 Å². The van der Waals surface area contributed by atoms with Gasteiger partial charge in [0.1, 0.15) is 0 Å². The summed E-state index contributed by atoms with van der Waals surface area (Å²) in [4.78, 5) is 14.8. The van der Waals surface area contributed by atoms with Crippen molar-refractivity contribution in [1.82, 2.24) is 0 Å². The molecule has 3 N–H and O–H groups in total. The van der Waals surface area contributed by atoms with E-state index in [4.69, 9.17) is 5.73 Å². The van der Waals surface area contributed by atoms with Gasteiger partial charge in [-0.2, -0.15) is 0 Å². The minimum Gasteiger partial charge on any atom is -0.369 e. The van der Waals surface area contributed by atoms with Crippen molar-refractivity contribution in [3.63, 3.8) is 0 Å². The maximum absolute atomic E-state index is 12.7. The minimum absolute atomic E-state index is 0. The van der Waals surface area contributed by atoms with E-state index in [1.165, 1.54) is 5.56 Å². The van der Waals surface area contributed by atoms with Gasteiger partial charge in [-0.1, -0.05) is 48.9 Å². The van der Waals surface area contributed by atoms with Crippen LogP contribution in [0.3, 0.4) is 0 Å². The Morgan fingerprint density at radius 1 is 1.07 bits per heavy atom. The number of halogens is 2. The lowest BCUT2D eigenvalue weighted by Gasteiger charge is -2.27. The summed E-state index contributed by atoms with van der Waals surface area (Å²) in [6.07, 6.45) is 3.78. The molecule has 0 spiro atoms. The SMILES string of the molecule is CN(Cc1ccccc1)c1ccccc1NC(=O)C1CCCC(N)C1.Cl.Cl. The number of amides is 1. The molecule has 0 radical (unpaired) electrons. The molecule has 1 amide bonds. The molecule has 3 rings (SSSR count). The molecule has 4 nitrogen and oxygen atoms in total. The number of rotatable bonds is 5. The van der Waals surface area contributed by atoms with E-state index in [1.807, 2.05) is 42.5 Å². The van der Waals surface area contributed by atoms with Crippen molar-refractivity contribution < 1.29 is 4.79 Å². The summed E-state index contributed by atoms with van der Waals surface area (Å²) < 4.78 is 0. The van der Waals surface area contributed by atoms with Crippen molar-refractivity contribution in [2.75, 3.05) is 17.3 Å². The van der Waals surface area contributed by atoms with E-state index in [2.05, 4.69) is 29.4 Å². The fourth-order valence-corrected chi connectivity index (χ4v) is 3.56. The van der Waals surface area contributed by atoms with Crippen LogP contribution in [-0.2, 0) is 11.3 Å². The van der Waals surface area contributed by atoms with Crippen molar-refractivity contribution >= 4 is 42.1 Å². The van der Waals surface area contributed by atoms with Gasteiger partial charge in [-0.15, -0.1) is 24.8 Å². The highest BCUT2D eigenvalue weighted by Crippen LogP contribution is 2.29. The summed E-state index contributed by atoms with van der Waals surface area (Å²) in [5, 5.41) is 3.13. The molecule has 0 bridgehead atoms. The fourth-order valence-electron chi connectivity index (χ4n) is 3.56. The second kappa shape index (κ2) is 11.2. The summed E-state index contributed by atoms with van der Waals surface area (Å²) in [5.41, 5.74) is 9.17. The number of carbonyl (C=O) groups is 1. The van der Waals surface area contributed by atoms with Crippen LogP contribution in [0.2, 0.25) is 0 Å². The van der Waals surface area contributed by atoms with E-state index in [-0.39, 0.29) is 42.7 Å². The highest BCUT2D eigenvalue weighted by atomic mass is 35.5. The Bertz CT molecular complexity index is 712. The molecule has 0 aromatic heterocycles. The smallest absolute Gasteiger partial charge is 0.227 e. The molecular formula is C21H29Cl2N3O. The van der Waals surface area contributed by atoms with Crippen LogP contribution >= 0.6 is 24.8 Å². The summed E-state index contributed by atoms with van der Waals surface area (Å²) in [7, 11) is 2.05. The van der Waals surface area contributed by atoms with E-state index in [1.54, 1.807) is 0 Å². The average Bonchev–Trinajstić information content (AvgIpc) is 2.63.